The summed E-state index contributed by atoms with van der Waals surface area (Å²) in [5.74, 6) is -4.04. The minimum atomic E-state index is -1.67. The number of aliphatic carboxylic acids is 1. The maximum Gasteiger partial charge on any atom is 0.305 e. The van der Waals surface area contributed by atoms with Gasteiger partial charge in [0.15, 0.2) is 29.3 Å². The molecule has 8 aromatic rings. The van der Waals surface area contributed by atoms with Crippen LogP contribution in [0, 0.1) is 5.41 Å². The number of phenols is 1. The number of rotatable bonds is 18. The zero-order valence-electron chi connectivity index (χ0n) is 48.4. The van der Waals surface area contributed by atoms with Gasteiger partial charge in [0.05, 0.1) is 19.6 Å². The standard InChI is InChI=1S/C63H63N17O10/c64-63(65)67-27-9-18-44-59(86)68-32-49(83)69-47(31-50(84)85)62(89)72-46(29-33-20-22-34(81)23-21-33)61(88)71-45(60(87)70-44)17-7-8-26-66-48(82)19-10-28-90-35-24-25-42-43(30-35)58-79-56-41-16-6-5-15-40(41)54(77-56)75-52-37-12-2-1-11-36(37)51(73-52)74-53-38-13-3-4-14-39(38)55(76-53)78-57(42)80-58/h1-6,11-16,20-25,30,44-47,81H,7-10,17-19,26-29,31-32H2,(H,66,82)(H,68,86)(H,69,83)(H,70,87)(H,71,88)(H,72,89)(H,84,85)(H4,64,65,67)(H2,73,74,75,76,77,78,79,80)/t44-,45-,46-,47-/m0/s1. The van der Waals surface area contributed by atoms with Crippen molar-refractivity contribution >= 4 is 91.5 Å². The number of carbonyl (C=O) groups excluding carboxylic acids is 6. The van der Waals surface area contributed by atoms with E-state index in [0.717, 1.165) is 38.4 Å². The summed E-state index contributed by atoms with van der Waals surface area (Å²) in [4.78, 5) is 131. The third-order valence-electron chi connectivity index (χ3n) is 15.3. The second-order valence-electron chi connectivity index (χ2n) is 21.7. The van der Waals surface area contributed by atoms with Gasteiger partial charge in [-0.15, -0.1) is 0 Å². The van der Waals surface area contributed by atoms with E-state index >= 15 is 0 Å². The molecule has 3 aromatic heterocycles. The first-order valence-electron chi connectivity index (χ1n) is 29.3. The second kappa shape index (κ2) is 27.1. The Bertz CT molecular complexity index is 4300. The van der Waals surface area contributed by atoms with Crippen molar-refractivity contribution in [2.75, 3.05) is 26.2 Å². The van der Waals surface area contributed by atoms with Gasteiger partial charge in [0, 0.05) is 69.7 Å². The maximum atomic E-state index is 14.2. The molecule has 6 heterocycles. The van der Waals surface area contributed by atoms with Crippen LogP contribution >= 0.6 is 0 Å². The Morgan fingerprint density at radius 2 is 1.06 bits per heavy atom. The number of nitrogens with zero attached hydrogens (tertiary/aromatic N) is 6. The lowest BCUT2D eigenvalue weighted by molar-refractivity contribution is -0.141. The average molecular weight is 1220 g/mol. The van der Waals surface area contributed by atoms with Crippen molar-refractivity contribution in [2.45, 2.75) is 82.0 Å². The third kappa shape index (κ3) is 14.2. The number of carboxylic acid groups (broad SMARTS) is 1. The van der Waals surface area contributed by atoms with E-state index in [0.29, 0.717) is 75.4 Å². The van der Waals surface area contributed by atoms with Gasteiger partial charge in [-0.1, -0.05) is 84.9 Å². The number of nitrogens with two attached hydrogens (primary N) is 1. The predicted molar refractivity (Wildman–Crippen MR) is 332 cm³/mol. The highest BCUT2D eigenvalue weighted by atomic mass is 16.5. The highest BCUT2D eigenvalue weighted by Gasteiger charge is 2.34. The van der Waals surface area contributed by atoms with E-state index in [1.807, 2.05) is 91.0 Å². The number of hydrogen-bond donors (Lipinski definition) is 13. The van der Waals surface area contributed by atoms with Crippen LogP contribution in [0.4, 0.5) is 0 Å². The zero-order chi connectivity index (χ0) is 62.8. The first kappa shape index (κ1) is 60.3. The minimum Gasteiger partial charge on any atom is -0.508 e. The summed E-state index contributed by atoms with van der Waals surface area (Å²) in [5, 5.41) is 48.3. The first-order chi connectivity index (χ1) is 43.6. The molecule has 3 aliphatic rings. The Hall–Kier alpha value is -11.4. The number of aromatic nitrogens is 8. The SMILES string of the molecule is N=C(N)NCCC[C@@H]1NC(=O)[C@H](CCCCNC(=O)CCCOc2ccc3c4nc5nc(nc6[nH]c(nc7nc(nc([nH]4)c3c2)-c2ccccc2-7)c2ccccc62)-c2ccccc2-5)NC(=O)[C@H](Cc2ccc(O)cc2)NC(=O)[C@H](CC(=O)O)NC(=O)CNC1=O. The van der Waals surface area contributed by atoms with Gasteiger partial charge in [-0.25, -0.2) is 29.9 Å². The average Bonchev–Trinajstić information content (AvgIpc) is 1.74. The highest BCUT2D eigenvalue weighted by Crippen LogP contribution is 2.37. The van der Waals surface area contributed by atoms with E-state index in [2.05, 4.69) is 47.2 Å². The lowest BCUT2D eigenvalue weighted by Gasteiger charge is -2.26. The van der Waals surface area contributed by atoms with Gasteiger partial charge in [0.2, 0.25) is 35.4 Å². The van der Waals surface area contributed by atoms with Gasteiger partial charge < -0.3 is 67.9 Å². The molecule has 0 unspecified atom stereocenters. The van der Waals surface area contributed by atoms with Crippen molar-refractivity contribution in [3.05, 3.63) is 121 Å². The van der Waals surface area contributed by atoms with Crippen LogP contribution in [0.3, 0.4) is 0 Å². The summed E-state index contributed by atoms with van der Waals surface area (Å²) in [5.41, 5.74) is 11.3. The summed E-state index contributed by atoms with van der Waals surface area (Å²) in [6, 6.07) is 29.1. The Morgan fingerprint density at radius 3 is 1.63 bits per heavy atom. The van der Waals surface area contributed by atoms with Crippen LogP contribution in [0.1, 0.15) is 56.9 Å². The van der Waals surface area contributed by atoms with Crippen molar-refractivity contribution in [1.29, 1.82) is 5.41 Å². The molecule has 4 atom stereocenters. The molecule has 27 heteroatoms. The number of fused-ring (bicyclic) bond motifs is 20. The van der Waals surface area contributed by atoms with E-state index in [9.17, 15) is 43.8 Å². The van der Waals surface area contributed by atoms with Crippen molar-refractivity contribution in [3.8, 4) is 57.1 Å². The Kier molecular flexibility index (Phi) is 18.2. The fourth-order valence-corrected chi connectivity index (χ4v) is 10.8. The number of carboxylic acids is 1. The van der Waals surface area contributed by atoms with Crippen LogP contribution in [0.25, 0.3) is 89.7 Å². The van der Waals surface area contributed by atoms with Gasteiger partial charge in [-0.05, 0) is 74.4 Å². The fraction of sp³-hybridized carbons (Fsp3) is 0.270. The van der Waals surface area contributed by atoms with Crippen molar-refractivity contribution < 1.29 is 48.5 Å². The molecule has 1 saturated heterocycles. The molecule has 6 amide bonds. The van der Waals surface area contributed by atoms with E-state index < -0.39 is 72.6 Å². The summed E-state index contributed by atoms with van der Waals surface area (Å²) >= 11 is 0. The van der Waals surface area contributed by atoms with E-state index in [-0.39, 0.29) is 75.8 Å². The first-order valence-corrected chi connectivity index (χ1v) is 29.3. The molecule has 0 aliphatic carbocycles. The molecule has 14 N–H and O–H groups in total. The number of ether oxygens (including phenoxy) is 1. The highest BCUT2D eigenvalue weighted by molar-refractivity contribution is 6.07. The van der Waals surface area contributed by atoms with Crippen LogP contribution in [0.2, 0.25) is 0 Å². The molecule has 0 radical (unpaired) electrons. The summed E-state index contributed by atoms with van der Waals surface area (Å²) in [7, 11) is 0. The lowest BCUT2D eigenvalue weighted by Crippen LogP contribution is -2.58. The molecule has 0 spiro atoms. The number of carbonyl (C=O) groups is 7. The third-order valence-corrected chi connectivity index (χ3v) is 15.3. The van der Waals surface area contributed by atoms with E-state index in [4.69, 9.17) is 45.8 Å². The van der Waals surface area contributed by atoms with Crippen LogP contribution in [-0.2, 0) is 40.0 Å². The van der Waals surface area contributed by atoms with Gasteiger partial charge >= 0.3 is 5.97 Å². The number of phenolic OH excluding ortho intramolecular Hbond substituents is 1. The van der Waals surface area contributed by atoms with Crippen molar-refractivity contribution in [2.24, 2.45) is 5.73 Å². The number of aromatic hydroxyl groups is 1. The molecule has 8 bridgehead atoms. The Balaban J connectivity index is 0.772. The topological polar surface area (TPSA) is 412 Å². The Labute approximate surface area is 512 Å². The molecule has 11 rings (SSSR count). The molecule has 5 aromatic carbocycles. The molecule has 90 heavy (non-hydrogen) atoms. The summed E-state index contributed by atoms with van der Waals surface area (Å²) < 4.78 is 6.25. The number of aromatic amines is 2. The summed E-state index contributed by atoms with van der Waals surface area (Å²) in [6.45, 7) is -0.154. The number of guanidine groups is 1. The number of H-pyrrole nitrogens is 2. The largest absolute Gasteiger partial charge is 0.508 e. The smallest absolute Gasteiger partial charge is 0.305 e. The van der Waals surface area contributed by atoms with Crippen LogP contribution in [-0.4, -0.2) is 148 Å². The monoisotopic (exact) mass is 1220 g/mol. The zero-order valence-corrected chi connectivity index (χ0v) is 48.4. The van der Waals surface area contributed by atoms with Crippen LogP contribution in [0.5, 0.6) is 11.5 Å². The number of hydrogen-bond acceptors (Lipinski definition) is 16. The Morgan fingerprint density at radius 1 is 0.556 bits per heavy atom. The summed E-state index contributed by atoms with van der Waals surface area (Å²) in [6.07, 6.45) is 0.271. The van der Waals surface area contributed by atoms with Gasteiger partial charge in [-0.3, -0.25) is 39.0 Å². The van der Waals surface area contributed by atoms with Crippen LogP contribution < -0.4 is 47.7 Å². The van der Waals surface area contributed by atoms with E-state index in [1.165, 1.54) is 24.3 Å². The minimum absolute atomic E-state index is 0.000659. The molecular formula is C63H63N17O10. The number of benzene rings is 5. The van der Waals surface area contributed by atoms with Gasteiger partial charge in [-0.2, -0.15) is 0 Å². The second-order valence-corrected chi connectivity index (χ2v) is 21.7. The normalized spacial score (nSPS) is 16.9. The number of unbranched alkanes of at least 4 members (excludes halogenated alkanes) is 1. The maximum absolute atomic E-state index is 14.2. The van der Waals surface area contributed by atoms with Gasteiger partial charge in [0.25, 0.3) is 0 Å². The molecule has 0 saturated carbocycles. The quantitative estimate of drug-likeness (QED) is 0.0327. The predicted octanol–water partition coefficient (Wildman–Crippen LogP) is 4.07. The van der Waals surface area contributed by atoms with Crippen LogP contribution in [0.15, 0.2) is 115 Å². The molecule has 1 fully saturated rings. The molecule has 3 aliphatic heterocycles. The van der Waals surface area contributed by atoms with Gasteiger partial charge in [0.1, 0.15) is 58.3 Å². The lowest BCUT2D eigenvalue weighted by atomic mass is 10.0. The molecule has 460 valence electrons. The van der Waals surface area contributed by atoms with E-state index in [1.54, 1.807) is 0 Å². The fourth-order valence-electron chi connectivity index (χ4n) is 10.8. The van der Waals surface area contributed by atoms with Crippen molar-refractivity contribution in [1.82, 2.24) is 77.1 Å². The molecule has 27 nitrogen and oxygen atoms in total. The molecular weight excluding hydrogens is 1150 g/mol. The van der Waals surface area contributed by atoms with Crippen molar-refractivity contribution in [3.63, 3.8) is 0 Å². The number of nitrogens with one attached hydrogen (secondary N) is 10. The number of amides is 6.